The number of aromatic nitrogens is 4. The number of rotatable bonds is 2. The maximum atomic E-state index is 12.5. The fourth-order valence-electron chi connectivity index (χ4n) is 2.97. The van der Waals surface area contributed by atoms with Crippen molar-refractivity contribution < 1.29 is 4.79 Å². The molecule has 0 radical (unpaired) electrons. The number of benzene rings is 1. The highest BCUT2D eigenvalue weighted by atomic mass is 16.3. The monoisotopic (exact) mass is 319 g/mol. The van der Waals surface area contributed by atoms with Crippen LogP contribution in [0.5, 0.6) is 0 Å². The molecule has 9 heteroatoms. The number of nitriles is 1. The smallest absolute Gasteiger partial charge is 0.238 e. The van der Waals surface area contributed by atoms with Gasteiger partial charge in [0, 0.05) is 12.7 Å². The summed E-state index contributed by atoms with van der Waals surface area (Å²) in [5, 5.41) is 19.1. The summed E-state index contributed by atoms with van der Waals surface area (Å²) in [5.74, 6) is -1.12. The standard InChI is InChI=1S/C15H9N7O2/c1-22-14-11(13(20-22)21-24)12(17-6-18-14)10-8-4-7(5-16)2-3-9(8)19-15(10)23/h2-4,6,10H,1H3,(H,19,23). The number of carbonyl (C=O) groups is 1. The van der Waals surface area contributed by atoms with E-state index in [9.17, 15) is 9.70 Å². The molecule has 0 saturated carbocycles. The number of nitrogens with one attached hydrogen (secondary N) is 1. The van der Waals surface area contributed by atoms with Gasteiger partial charge in [0.15, 0.2) is 5.65 Å². The molecule has 1 aromatic carbocycles. The highest BCUT2D eigenvalue weighted by Gasteiger charge is 2.36. The van der Waals surface area contributed by atoms with Gasteiger partial charge in [-0.1, -0.05) is 0 Å². The van der Waals surface area contributed by atoms with Gasteiger partial charge in [-0.05, 0) is 28.9 Å². The van der Waals surface area contributed by atoms with Crippen molar-refractivity contribution in [1.29, 1.82) is 5.26 Å². The number of carbonyl (C=O) groups excluding carboxylic acids is 1. The quantitative estimate of drug-likeness (QED) is 0.717. The molecule has 2 aromatic heterocycles. The van der Waals surface area contributed by atoms with Crippen molar-refractivity contribution in [3.05, 3.63) is 46.3 Å². The predicted octanol–water partition coefficient (Wildman–Crippen LogP) is 1.72. The van der Waals surface area contributed by atoms with E-state index < -0.39 is 5.92 Å². The van der Waals surface area contributed by atoms with Crippen LogP contribution in [0.4, 0.5) is 11.5 Å². The Bertz CT molecular complexity index is 1060. The zero-order valence-electron chi connectivity index (χ0n) is 12.4. The van der Waals surface area contributed by atoms with Gasteiger partial charge in [0.1, 0.15) is 12.2 Å². The van der Waals surface area contributed by atoms with Gasteiger partial charge in [-0.3, -0.25) is 4.79 Å². The molecular weight excluding hydrogens is 310 g/mol. The molecule has 1 atom stereocenters. The molecule has 3 heterocycles. The maximum absolute atomic E-state index is 12.5. The summed E-state index contributed by atoms with van der Waals surface area (Å²) in [7, 11) is 1.63. The fourth-order valence-corrected chi connectivity index (χ4v) is 2.97. The Labute approximate surface area is 134 Å². The molecule has 0 saturated heterocycles. The average Bonchev–Trinajstić information content (AvgIpc) is 3.10. The minimum atomic E-state index is -0.761. The van der Waals surface area contributed by atoms with Crippen molar-refractivity contribution in [3.8, 4) is 6.07 Å². The number of nitroso groups, excluding NO2 is 1. The molecule has 9 nitrogen and oxygen atoms in total. The van der Waals surface area contributed by atoms with Gasteiger partial charge in [0.25, 0.3) is 0 Å². The first-order valence-corrected chi connectivity index (χ1v) is 7.00. The topological polar surface area (TPSA) is 126 Å². The lowest BCUT2D eigenvalue weighted by molar-refractivity contribution is -0.116. The number of amides is 1. The lowest BCUT2D eigenvalue weighted by Gasteiger charge is -2.09. The van der Waals surface area contributed by atoms with Crippen molar-refractivity contribution in [2.45, 2.75) is 5.92 Å². The Morgan fingerprint density at radius 1 is 1.38 bits per heavy atom. The van der Waals surface area contributed by atoms with Crippen LogP contribution in [0.1, 0.15) is 22.7 Å². The summed E-state index contributed by atoms with van der Waals surface area (Å²) in [5.41, 5.74) is 2.42. The maximum Gasteiger partial charge on any atom is 0.238 e. The number of nitrogens with zero attached hydrogens (tertiary/aromatic N) is 6. The van der Waals surface area contributed by atoms with Gasteiger partial charge < -0.3 is 5.32 Å². The SMILES string of the molecule is Cn1nc(N=O)c2c(C3C(=O)Nc4ccc(C#N)cc43)ncnc21. The number of aryl methyl sites for hydroxylation is 1. The number of hydrogen-bond acceptors (Lipinski definition) is 7. The minimum absolute atomic E-state index is 0.0687. The van der Waals surface area contributed by atoms with Crippen LogP contribution in [0.3, 0.4) is 0 Å². The molecule has 0 aliphatic carbocycles. The van der Waals surface area contributed by atoms with E-state index in [0.717, 1.165) is 0 Å². The summed E-state index contributed by atoms with van der Waals surface area (Å²) in [6.45, 7) is 0. The van der Waals surface area contributed by atoms with Crippen molar-refractivity contribution >= 4 is 28.4 Å². The molecular formula is C15H9N7O2. The second-order valence-corrected chi connectivity index (χ2v) is 5.33. The van der Waals surface area contributed by atoms with Crippen molar-refractivity contribution in [3.63, 3.8) is 0 Å². The van der Waals surface area contributed by atoms with E-state index in [2.05, 4.69) is 31.6 Å². The van der Waals surface area contributed by atoms with Gasteiger partial charge in [0.2, 0.25) is 11.7 Å². The molecule has 0 bridgehead atoms. The Morgan fingerprint density at radius 2 is 2.21 bits per heavy atom. The van der Waals surface area contributed by atoms with Crippen LogP contribution >= 0.6 is 0 Å². The van der Waals surface area contributed by atoms with Crippen molar-refractivity contribution in [2.75, 3.05) is 5.32 Å². The molecule has 1 aliphatic rings. The Hall–Kier alpha value is -3.67. The van der Waals surface area contributed by atoms with Gasteiger partial charge >= 0.3 is 0 Å². The molecule has 4 rings (SSSR count). The van der Waals surface area contributed by atoms with Crippen molar-refractivity contribution in [2.24, 2.45) is 12.2 Å². The molecule has 3 aromatic rings. The average molecular weight is 319 g/mol. The van der Waals surface area contributed by atoms with Crippen molar-refractivity contribution in [1.82, 2.24) is 19.7 Å². The summed E-state index contributed by atoms with van der Waals surface area (Å²) < 4.78 is 1.41. The zero-order valence-corrected chi connectivity index (χ0v) is 12.4. The van der Waals surface area contributed by atoms with Crippen LogP contribution in [0, 0.1) is 16.2 Å². The number of anilines is 1. The molecule has 0 spiro atoms. The second kappa shape index (κ2) is 4.92. The zero-order chi connectivity index (χ0) is 16.8. The van der Waals surface area contributed by atoms with Crippen LogP contribution in [0.2, 0.25) is 0 Å². The Balaban J connectivity index is 2.02. The van der Waals surface area contributed by atoms with E-state index in [1.807, 2.05) is 0 Å². The highest BCUT2D eigenvalue weighted by Crippen LogP contribution is 2.40. The van der Waals surface area contributed by atoms with E-state index in [4.69, 9.17) is 5.26 Å². The Kier molecular flexibility index (Phi) is 2.86. The van der Waals surface area contributed by atoms with Gasteiger partial charge in [-0.15, -0.1) is 10.0 Å². The summed E-state index contributed by atoms with van der Waals surface area (Å²) in [6.07, 6.45) is 1.31. The minimum Gasteiger partial charge on any atom is -0.325 e. The third-order valence-electron chi connectivity index (χ3n) is 4.00. The summed E-state index contributed by atoms with van der Waals surface area (Å²) >= 11 is 0. The third-order valence-corrected chi connectivity index (χ3v) is 4.00. The number of hydrogen-bond donors (Lipinski definition) is 1. The first-order valence-electron chi connectivity index (χ1n) is 7.00. The lowest BCUT2D eigenvalue weighted by Crippen LogP contribution is -2.15. The molecule has 0 fully saturated rings. The first-order chi connectivity index (χ1) is 11.6. The molecule has 1 unspecified atom stereocenters. The van der Waals surface area contributed by atoms with Crippen LogP contribution in [0.15, 0.2) is 29.7 Å². The predicted molar refractivity (Wildman–Crippen MR) is 83.4 cm³/mol. The van der Waals surface area contributed by atoms with E-state index in [1.54, 1.807) is 25.2 Å². The summed E-state index contributed by atoms with van der Waals surface area (Å²) in [6, 6.07) is 6.98. The molecule has 116 valence electrons. The van der Waals surface area contributed by atoms with Gasteiger partial charge in [-0.2, -0.15) is 5.26 Å². The summed E-state index contributed by atoms with van der Waals surface area (Å²) in [4.78, 5) is 31.9. The molecule has 1 N–H and O–H groups in total. The van der Waals surface area contributed by atoms with Crippen LogP contribution < -0.4 is 5.32 Å². The first kappa shape index (κ1) is 14.0. The Morgan fingerprint density at radius 3 is 2.96 bits per heavy atom. The van der Waals surface area contributed by atoms with Gasteiger partial charge in [-0.25, -0.2) is 14.6 Å². The molecule has 1 amide bonds. The van der Waals surface area contributed by atoms with Crippen LogP contribution in [-0.2, 0) is 11.8 Å². The van der Waals surface area contributed by atoms with Gasteiger partial charge in [0.05, 0.1) is 22.7 Å². The van der Waals surface area contributed by atoms with Crippen LogP contribution in [-0.4, -0.2) is 25.7 Å². The fraction of sp³-hybridized carbons (Fsp3) is 0.133. The van der Waals surface area contributed by atoms with Crippen LogP contribution in [0.25, 0.3) is 11.0 Å². The third kappa shape index (κ3) is 1.80. The van der Waals surface area contributed by atoms with E-state index >= 15 is 0 Å². The van der Waals surface area contributed by atoms with E-state index in [1.165, 1.54) is 11.0 Å². The highest BCUT2D eigenvalue weighted by molar-refractivity contribution is 6.07. The van der Waals surface area contributed by atoms with E-state index in [0.29, 0.717) is 33.5 Å². The second-order valence-electron chi connectivity index (χ2n) is 5.33. The lowest BCUT2D eigenvalue weighted by atomic mass is 9.94. The largest absolute Gasteiger partial charge is 0.325 e. The normalized spacial score (nSPS) is 15.8. The van der Waals surface area contributed by atoms with E-state index in [-0.39, 0.29) is 11.7 Å². The molecule has 1 aliphatic heterocycles. The number of fused-ring (bicyclic) bond motifs is 2. The molecule has 24 heavy (non-hydrogen) atoms.